The Bertz CT molecular complexity index is 527. The molecule has 0 bridgehead atoms. The first-order valence-electron chi connectivity index (χ1n) is 4.30. The van der Waals surface area contributed by atoms with Crippen molar-refractivity contribution in [2.75, 3.05) is 12.4 Å². The van der Waals surface area contributed by atoms with Gasteiger partial charge >= 0.3 is 0 Å². The molecule has 0 fully saturated rings. The average Bonchev–Trinajstić information content (AvgIpc) is 2.27. The minimum atomic E-state index is -0.444. The Labute approximate surface area is 85.1 Å². The number of anilines is 1. The number of benzene rings is 1. The van der Waals surface area contributed by atoms with Crippen molar-refractivity contribution in [2.45, 2.75) is 0 Å². The summed E-state index contributed by atoms with van der Waals surface area (Å²) in [4.78, 5) is 18.4. The van der Waals surface area contributed by atoms with Crippen LogP contribution in [0.5, 0.6) is 0 Å². The van der Waals surface area contributed by atoms with Gasteiger partial charge in [0.15, 0.2) is 0 Å². The standard InChI is InChI=1S/C9H8N4O2/c1-10-9-7(13(14)15)3-2-6-8(9)12-5-4-11-6/h2-5,10H,1H3. The molecule has 0 atom stereocenters. The molecule has 1 aromatic carbocycles. The van der Waals surface area contributed by atoms with Gasteiger partial charge in [0.1, 0.15) is 11.2 Å². The van der Waals surface area contributed by atoms with Crippen LogP contribution in [0.2, 0.25) is 0 Å². The maximum Gasteiger partial charge on any atom is 0.294 e. The Morgan fingerprint density at radius 2 is 2.07 bits per heavy atom. The van der Waals surface area contributed by atoms with E-state index < -0.39 is 4.92 Å². The average molecular weight is 204 g/mol. The highest BCUT2D eigenvalue weighted by Crippen LogP contribution is 2.29. The van der Waals surface area contributed by atoms with Crippen LogP contribution in [-0.4, -0.2) is 21.9 Å². The molecule has 76 valence electrons. The van der Waals surface area contributed by atoms with E-state index in [2.05, 4.69) is 15.3 Å². The Hall–Kier alpha value is -2.24. The van der Waals surface area contributed by atoms with Gasteiger partial charge in [0.2, 0.25) is 0 Å². The van der Waals surface area contributed by atoms with Gasteiger partial charge in [-0.25, -0.2) is 0 Å². The minimum absolute atomic E-state index is 0.00509. The quantitative estimate of drug-likeness (QED) is 0.593. The fraction of sp³-hybridized carbons (Fsp3) is 0.111. The summed E-state index contributed by atoms with van der Waals surface area (Å²) in [6, 6.07) is 3.00. The first-order valence-corrected chi connectivity index (χ1v) is 4.30. The van der Waals surface area contributed by atoms with E-state index in [1.54, 1.807) is 19.3 Å². The number of nitro groups is 1. The zero-order chi connectivity index (χ0) is 10.8. The number of fused-ring (bicyclic) bond motifs is 1. The lowest BCUT2D eigenvalue weighted by Crippen LogP contribution is -1.98. The molecule has 0 saturated carbocycles. The summed E-state index contributed by atoms with van der Waals surface area (Å²) in [6.45, 7) is 0. The lowest BCUT2D eigenvalue weighted by Gasteiger charge is -2.04. The number of nitro benzene ring substituents is 1. The topological polar surface area (TPSA) is 81.0 Å². The summed E-state index contributed by atoms with van der Waals surface area (Å²) in [6.07, 6.45) is 3.06. The van der Waals surface area contributed by atoms with Gasteiger partial charge in [0.25, 0.3) is 5.69 Å². The molecular weight excluding hydrogens is 196 g/mol. The van der Waals surface area contributed by atoms with Crippen molar-refractivity contribution in [3.8, 4) is 0 Å². The molecule has 0 saturated heterocycles. The molecule has 1 N–H and O–H groups in total. The third kappa shape index (κ3) is 1.45. The summed E-state index contributed by atoms with van der Waals surface area (Å²) < 4.78 is 0. The molecule has 1 aromatic heterocycles. The van der Waals surface area contributed by atoms with Crippen LogP contribution in [0.25, 0.3) is 11.0 Å². The van der Waals surface area contributed by atoms with E-state index in [9.17, 15) is 10.1 Å². The molecule has 0 unspecified atom stereocenters. The van der Waals surface area contributed by atoms with Crippen LogP contribution in [0, 0.1) is 10.1 Å². The number of hydrogen-bond donors (Lipinski definition) is 1. The highest BCUT2D eigenvalue weighted by Gasteiger charge is 2.16. The predicted octanol–water partition coefficient (Wildman–Crippen LogP) is 1.58. The van der Waals surface area contributed by atoms with Gasteiger partial charge in [-0.3, -0.25) is 20.1 Å². The highest BCUT2D eigenvalue weighted by atomic mass is 16.6. The van der Waals surface area contributed by atoms with Crippen molar-refractivity contribution in [3.05, 3.63) is 34.6 Å². The van der Waals surface area contributed by atoms with Crippen LogP contribution in [0.4, 0.5) is 11.4 Å². The molecule has 15 heavy (non-hydrogen) atoms. The van der Waals surface area contributed by atoms with Crippen LogP contribution in [0.3, 0.4) is 0 Å². The molecule has 0 radical (unpaired) electrons. The van der Waals surface area contributed by atoms with Crippen molar-refractivity contribution < 1.29 is 4.92 Å². The summed E-state index contributed by atoms with van der Waals surface area (Å²) in [5, 5.41) is 13.5. The van der Waals surface area contributed by atoms with Crippen molar-refractivity contribution in [2.24, 2.45) is 0 Å². The maximum atomic E-state index is 10.7. The van der Waals surface area contributed by atoms with Crippen LogP contribution >= 0.6 is 0 Å². The van der Waals surface area contributed by atoms with Crippen molar-refractivity contribution >= 4 is 22.4 Å². The molecule has 2 rings (SSSR count). The molecule has 0 aliphatic carbocycles. The third-order valence-electron chi connectivity index (χ3n) is 2.07. The molecule has 0 aliphatic rings. The van der Waals surface area contributed by atoms with Gasteiger partial charge in [0, 0.05) is 25.5 Å². The smallest absolute Gasteiger partial charge is 0.294 e. The van der Waals surface area contributed by atoms with Gasteiger partial charge in [-0.2, -0.15) is 0 Å². The van der Waals surface area contributed by atoms with E-state index in [0.29, 0.717) is 16.7 Å². The molecule has 6 nitrogen and oxygen atoms in total. The van der Waals surface area contributed by atoms with Crippen molar-refractivity contribution in [1.82, 2.24) is 9.97 Å². The minimum Gasteiger partial charge on any atom is -0.381 e. The molecule has 1 heterocycles. The van der Waals surface area contributed by atoms with Crippen molar-refractivity contribution in [1.29, 1.82) is 0 Å². The van der Waals surface area contributed by atoms with Gasteiger partial charge < -0.3 is 5.32 Å². The van der Waals surface area contributed by atoms with E-state index in [0.717, 1.165) is 0 Å². The molecular formula is C9H8N4O2. The Kier molecular flexibility index (Phi) is 2.17. The first-order chi connectivity index (χ1) is 7.24. The second kappa shape index (κ2) is 3.49. The first kappa shape index (κ1) is 9.32. The number of rotatable bonds is 2. The fourth-order valence-corrected chi connectivity index (χ4v) is 1.42. The number of nitrogens with one attached hydrogen (secondary N) is 1. The van der Waals surface area contributed by atoms with Crippen LogP contribution in [0.1, 0.15) is 0 Å². The third-order valence-corrected chi connectivity index (χ3v) is 2.07. The van der Waals surface area contributed by atoms with Crippen LogP contribution < -0.4 is 5.32 Å². The Morgan fingerprint density at radius 3 is 2.73 bits per heavy atom. The van der Waals surface area contributed by atoms with E-state index in [1.807, 2.05) is 0 Å². The van der Waals surface area contributed by atoms with Gasteiger partial charge in [-0.05, 0) is 6.07 Å². The zero-order valence-corrected chi connectivity index (χ0v) is 7.97. The lowest BCUT2D eigenvalue weighted by atomic mass is 10.2. The van der Waals surface area contributed by atoms with Crippen LogP contribution in [0.15, 0.2) is 24.5 Å². The number of aromatic nitrogens is 2. The summed E-state index contributed by atoms with van der Waals surface area (Å²) >= 11 is 0. The second-order valence-electron chi connectivity index (χ2n) is 2.89. The fourth-order valence-electron chi connectivity index (χ4n) is 1.42. The van der Waals surface area contributed by atoms with E-state index >= 15 is 0 Å². The van der Waals surface area contributed by atoms with E-state index in [1.165, 1.54) is 12.3 Å². The number of nitrogens with zero attached hydrogens (tertiary/aromatic N) is 3. The van der Waals surface area contributed by atoms with Gasteiger partial charge in [-0.15, -0.1) is 0 Å². The Balaban J connectivity index is 2.81. The molecule has 0 amide bonds. The maximum absolute atomic E-state index is 10.7. The normalized spacial score (nSPS) is 10.2. The lowest BCUT2D eigenvalue weighted by molar-refractivity contribution is -0.383. The van der Waals surface area contributed by atoms with Gasteiger partial charge in [0.05, 0.1) is 10.4 Å². The van der Waals surface area contributed by atoms with E-state index in [-0.39, 0.29) is 5.69 Å². The van der Waals surface area contributed by atoms with Crippen LogP contribution in [-0.2, 0) is 0 Å². The summed E-state index contributed by atoms with van der Waals surface area (Å²) in [7, 11) is 1.62. The molecule has 0 aliphatic heterocycles. The SMILES string of the molecule is CNc1c([N+](=O)[O-])ccc2nccnc12. The van der Waals surface area contributed by atoms with Gasteiger partial charge in [-0.1, -0.05) is 0 Å². The summed E-state index contributed by atoms with van der Waals surface area (Å²) in [5.41, 5.74) is 1.54. The largest absolute Gasteiger partial charge is 0.381 e. The van der Waals surface area contributed by atoms with E-state index in [4.69, 9.17) is 0 Å². The zero-order valence-electron chi connectivity index (χ0n) is 7.97. The Morgan fingerprint density at radius 1 is 1.33 bits per heavy atom. The number of hydrogen-bond acceptors (Lipinski definition) is 5. The molecule has 0 spiro atoms. The predicted molar refractivity (Wildman–Crippen MR) is 55.7 cm³/mol. The molecule has 2 aromatic rings. The second-order valence-corrected chi connectivity index (χ2v) is 2.89. The summed E-state index contributed by atoms with van der Waals surface area (Å²) in [5.74, 6) is 0. The monoisotopic (exact) mass is 204 g/mol. The van der Waals surface area contributed by atoms with Crippen molar-refractivity contribution in [3.63, 3.8) is 0 Å². The molecule has 6 heteroatoms. The highest BCUT2D eigenvalue weighted by molar-refractivity contribution is 5.92.